The molecule has 1 fully saturated rings. The van der Waals surface area contributed by atoms with E-state index in [1.165, 1.54) is 11.1 Å². The average molecular weight is 354 g/mol. The lowest BCUT2D eigenvalue weighted by Crippen LogP contribution is -2.36. The van der Waals surface area contributed by atoms with Crippen LogP contribution in [0, 0.1) is 0 Å². The quantitative estimate of drug-likeness (QED) is 0.726. The molecular weight excluding hydrogens is 322 g/mol. The van der Waals surface area contributed by atoms with E-state index in [0.29, 0.717) is 0 Å². The fraction of sp³-hybridized carbons (Fsp3) is 0.478. The van der Waals surface area contributed by atoms with Crippen molar-refractivity contribution in [2.45, 2.75) is 39.0 Å². The Morgan fingerprint density at radius 2 is 1.65 bits per heavy atom. The first-order chi connectivity index (χ1) is 12.5. The minimum Gasteiger partial charge on any atom is -0.457 e. The largest absolute Gasteiger partial charge is 0.457 e. The zero-order chi connectivity index (χ0) is 18.4. The second-order valence-corrected chi connectivity index (χ2v) is 8.04. The van der Waals surface area contributed by atoms with Gasteiger partial charge >= 0.3 is 0 Å². The van der Waals surface area contributed by atoms with Crippen LogP contribution in [0.25, 0.3) is 0 Å². The predicted molar refractivity (Wildman–Crippen MR) is 107 cm³/mol. The summed E-state index contributed by atoms with van der Waals surface area (Å²) in [5, 5.41) is 0. The van der Waals surface area contributed by atoms with Gasteiger partial charge < -0.3 is 9.47 Å². The van der Waals surface area contributed by atoms with Crippen molar-refractivity contribution in [1.29, 1.82) is 0 Å². The van der Waals surface area contributed by atoms with E-state index in [-0.39, 0.29) is 5.41 Å². The van der Waals surface area contributed by atoms with Crippen LogP contribution in [-0.2, 0) is 16.6 Å². The molecular formula is C23H31NO2. The summed E-state index contributed by atoms with van der Waals surface area (Å²) in [6.07, 6.45) is 2.18. The lowest BCUT2D eigenvalue weighted by molar-refractivity contribution is 0.0374. The first kappa shape index (κ1) is 18.9. The summed E-state index contributed by atoms with van der Waals surface area (Å²) >= 11 is 0. The Morgan fingerprint density at radius 1 is 0.962 bits per heavy atom. The molecule has 1 heterocycles. The van der Waals surface area contributed by atoms with Crippen LogP contribution in [0.2, 0.25) is 0 Å². The first-order valence-electron chi connectivity index (χ1n) is 9.69. The minimum absolute atomic E-state index is 0.163. The highest BCUT2D eigenvalue weighted by Crippen LogP contribution is 2.29. The molecule has 0 aliphatic carbocycles. The maximum Gasteiger partial charge on any atom is 0.130 e. The van der Waals surface area contributed by atoms with Crippen molar-refractivity contribution >= 4 is 0 Å². The molecule has 0 atom stereocenters. The molecule has 1 saturated heterocycles. The molecule has 26 heavy (non-hydrogen) atoms. The Morgan fingerprint density at radius 3 is 2.35 bits per heavy atom. The molecule has 3 rings (SSSR count). The van der Waals surface area contributed by atoms with Crippen molar-refractivity contribution in [3.63, 3.8) is 0 Å². The van der Waals surface area contributed by atoms with E-state index in [1.807, 2.05) is 6.07 Å². The van der Waals surface area contributed by atoms with Gasteiger partial charge in [0.1, 0.15) is 11.5 Å². The van der Waals surface area contributed by atoms with E-state index in [1.54, 1.807) is 0 Å². The fourth-order valence-corrected chi connectivity index (χ4v) is 3.28. The summed E-state index contributed by atoms with van der Waals surface area (Å²) in [6, 6.07) is 16.9. The van der Waals surface area contributed by atoms with Gasteiger partial charge in [-0.3, -0.25) is 4.90 Å². The molecule has 0 bridgehead atoms. The molecule has 0 unspecified atom stereocenters. The van der Waals surface area contributed by atoms with Crippen molar-refractivity contribution in [3.05, 3.63) is 59.7 Å². The van der Waals surface area contributed by atoms with Crippen molar-refractivity contribution in [1.82, 2.24) is 4.90 Å². The average Bonchev–Trinajstić information content (AvgIpc) is 2.64. The zero-order valence-corrected chi connectivity index (χ0v) is 16.3. The van der Waals surface area contributed by atoms with Gasteiger partial charge in [0.15, 0.2) is 0 Å². The summed E-state index contributed by atoms with van der Waals surface area (Å²) < 4.78 is 11.6. The molecule has 0 N–H and O–H groups in total. The highest BCUT2D eigenvalue weighted by atomic mass is 16.5. The summed E-state index contributed by atoms with van der Waals surface area (Å²) in [5.41, 5.74) is 2.76. The summed E-state index contributed by atoms with van der Waals surface area (Å²) in [7, 11) is 0. The number of hydrogen-bond acceptors (Lipinski definition) is 3. The van der Waals surface area contributed by atoms with Crippen LogP contribution in [0.5, 0.6) is 11.5 Å². The highest BCUT2D eigenvalue weighted by molar-refractivity contribution is 5.39. The van der Waals surface area contributed by atoms with Gasteiger partial charge in [0.2, 0.25) is 0 Å². The predicted octanol–water partition coefficient (Wildman–Crippen LogP) is 5.04. The maximum absolute atomic E-state index is 6.19. The van der Waals surface area contributed by atoms with E-state index in [2.05, 4.69) is 68.1 Å². The molecule has 0 saturated carbocycles. The molecule has 0 spiro atoms. The van der Waals surface area contributed by atoms with Crippen molar-refractivity contribution in [2.24, 2.45) is 0 Å². The van der Waals surface area contributed by atoms with E-state index in [4.69, 9.17) is 9.47 Å². The number of aryl methyl sites for hydroxylation is 1. The van der Waals surface area contributed by atoms with Gasteiger partial charge in [-0.25, -0.2) is 0 Å². The topological polar surface area (TPSA) is 21.7 Å². The van der Waals surface area contributed by atoms with Crippen LogP contribution in [0.1, 0.15) is 38.3 Å². The van der Waals surface area contributed by atoms with Crippen LogP contribution < -0.4 is 4.74 Å². The molecule has 0 radical (unpaired) electrons. The molecule has 3 heteroatoms. The van der Waals surface area contributed by atoms with Gasteiger partial charge in [-0.15, -0.1) is 0 Å². The van der Waals surface area contributed by atoms with E-state index in [9.17, 15) is 0 Å². The smallest absolute Gasteiger partial charge is 0.130 e. The fourth-order valence-electron chi connectivity index (χ4n) is 3.28. The van der Waals surface area contributed by atoms with E-state index < -0.39 is 0 Å². The van der Waals surface area contributed by atoms with Crippen LogP contribution in [0.15, 0.2) is 48.5 Å². The lowest BCUT2D eigenvalue weighted by Gasteiger charge is -2.26. The monoisotopic (exact) mass is 353 g/mol. The highest BCUT2D eigenvalue weighted by Gasteiger charge is 2.14. The summed E-state index contributed by atoms with van der Waals surface area (Å²) in [6.45, 7) is 11.6. The Labute approximate surface area is 157 Å². The Hall–Kier alpha value is -1.84. The first-order valence-corrected chi connectivity index (χ1v) is 9.69. The Balaban J connectivity index is 1.59. The molecule has 3 nitrogen and oxygen atoms in total. The molecule has 1 aliphatic rings. The number of hydrogen-bond donors (Lipinski definition) is 0. The van der Waals surface area contributed by atoms with Crippen LogP contribution >= 0.6 is 0 Å². The molecule has 140 valence electrons. The van der Waals surface area contributed by atoms with E-state index >= 15 is 0 Å². The SMILES string of the molecule is CC(C)(C)c1ccc(Oc2ccccc2CCCN2CCOCC2)cc1. The Bertz CT molecular complexity index is 682. The summed E-state index contributed by atoms with van der Waals surface area (Å²) in [4.78, 5) is 2.48. The summed E-state index contributed by atoms with van der Waals surface area (Å²) in [5.74, 6) is 1.87. The molecule has 0 aromatic heterocycles. The number of nitrogens with zero attached hydrogens (tertiary/aromatic N) is 1. The number of benzene rings is 2. The zero-order valence-electron chi connectivity index (χ0n) is 16.3. The third-order valence-electron chi connectivity index (χ3n) is 4.94. The van der Waals surface area contributed by atoms with Crippen molar-refractivity contribution < 1.29 is 9.47 Å². The van der Waals surface area contributed by atoms with Gasteiger partial charge in [0.05, 0.1) is 13.2 Å². The molecule has 2 aromatic rings. The van der Waals surface area contributed by atoms with E-state index in [0.717, 1.165) is 57.2 Å². The van der Waals surface area contributed by atoms with Gasteiger partial charge in [-0.2, -0.15) is 0 Å². The van der Waals surface area contributed by atoms with Crippen LogP contribution in [-0.4, -0.2) is 37.7 Å². The van der Waals surface area contributed by atoms with Crippen molar-refractivity contribution in [2.75, 3.05) is 32.8 Å². The molecule has 1 aliphatic heterocycles. The molecule has 2 aromatic carbocycles. The number of para-hydroxylation sites is 1. The minimum atomic E-state index is 0.163. The number of morpholine rings is 1. The van der Waals surface area contributed by atoms with Crippen LogP contribution in [0.3, 0.4) is 0 Å². The molecule has 0 amide bonds. The normalized spacial score (nSPS) is 15.8. The number of ether oxygens (including phenoxy) is 2. The number of rotatable bonds is 6. The van der Waals surface area contributed by atoms with Gasteiger partial charge in [0.25, 0.3) is 0 Å². The third-order valence-corrected chi connectivity index (χ3v) is 4.94. The van der Waals surface area contributed by atoms with Gasteiger partial charge in [-0.1, -0.05) is 51.1 Å². The van der Waals surface area contributed by atoms with Gasteiger partial charge in [-0.05, 0) is 54.1 Å². The second kappa shape index (κ2) is 8.70. The maximum atomic E-state index is 6.19. The third kappa shape index (κ3) is 5.33. The van der Waals surface area contributed by atoms with Crippen LogP contribution in [0.4, 0.5) is 0 Å². The second-order valence-electron chi connectivity index (χ2n) is 8.04. The Kier molecular flexibility index (Phi) is 6.33. The standard InChI is InChI=1S/C23H31NO2/c1-23(2,3)20-10-12-21(13-11-20)26-22-9-5-4-7-19(22)8-6-14-24-15-17-25-18-16-24/h4-5,7,9-13H,6,8,14-18H2,1-3H3. The lowest BCUT2D eigenvalue weighted by atomic mass is 9.87. The van der Waals surface area contributed by atoms with Gasteiger partial charge in [0, 0.05) is 13.1 Å². The van der Waals surface area contributed by atoms with Crippen molar-refractivity contribution in [3.8, 4) is 11.5 Å².